The molecular weight excluding hydrogens is 625 g/mol. The Kier molecular flexibility index (Phi) is 6.68. The van der Waals surface area contributed by atoms with Crippen molar-refractivity contribution in [2.45, 2.75) is 6.42 Å². The molecule has 0 spiro atoms. The molecule has 0 radical (unpaired) electrons. The Labute approximate surface area is 294 Å². The van der Waals surface area contributed by atoms with Crippen LogP contribution in [0.3, 0.4) is 0 Å². The highest BCUT2D eigenvalue weighted by molar-refractivity contribution is 6.07. The molecule has 3 heterocycles. The van der Waals surface area contributed by atoms with E-state index in [0.717, 1.165) is 94.6 Å². The van der Waals surface area contributed by atoms with Crippen LogP contribution in [0.4, 0.5) is 0 Å². The summed E-state index contributed by atoms with van der Waals surface area (Å²) < 4.78 is 12.6. The van der Waals surface area contributed by atoms with Crippen LogP contribution in [0.15, 0.2) is 179 Å². The molecule has 240 valence electrons. The van der Waals surface area contributed by atoms with Crippen molar-refractivity contribution in [3.05, 3.63) is 187 Å². The lowest BCUT2D eigenvalue weighted by atomic mass is 9.90. The Balaban J connectivity index is 1.12. The number of hydrogen-bond donors (Lipinski definition) is 0. The third-order valence-electron chi connectivity index (χ3n) is 9.80. The number of rotatable bonds is 5. The van der Waals surface area contributed by atoms with Gasteiger partial charge in [0.05, 0.1) is 11.4 Å². The van der Waals surface area contributed by atoms with Crippen molar-refractivity contribution in [1.82, 2.24) is 9.97 Å². The monoisotopic (exact) mass is 654 g/mol. The van der Waals surface area contributed by atoms with Crippen molar-refractivity contribution in [1.29, 1.82) is 0 Å². The van der Waals surface area contributed by atoms with Crippen LogP contribution < -0.4 is 0 Å². The number of para-hydroxylation sites is 1. The van der Waals surface area contributed by atoms with Crippen molar-refractivity contribution >= 4 is 38.5 Å². The Morgan fingerprint density at radius 1 is 0.451 bits per heavy atom. The van der Waals surface area contributed by atoms with Crippen LogP contribution in [-0.2, 0) is 6.42 Å². The maximum atomic E-state index is 6.53. The second kappa shape index (κ2) is 11.7. The quantitative estimate of drug-likeness (QED) is 0.185. The van der Waals surface area contributed by atoms with E-state index in [0.29, 0.717) is 12.2 Å². The van der Waals surface area contributed by atoms with Gasteiger partial charge in [-0.3, -0.25) is 0 Å². The minimum atomic E-state index is 0.627. The van der Waals surface area contributed by atoms with E-state index < -0.39 is 0 Å². The number of nitrogens with zero attached hydrogens (tertiary/aromatic N) is 2. The van der Waals surface area contributed by atoms with Gasteiger partial charge in [0.15, 0.2) is 5.82 Å². The summed E-state index contributed by atoms with van der Waals surface area (Å²) in [5.74, 6) is 1.52. The summed E-state index contributed by atoms with van der Waals surface area (Å²) in [5.41, 5.74) is 13.8. The van der Waals surface area contributed by atoms with Crippen molar-refractivity contribution in [2.75, 3.05) is 0 Å². The summed E-state index contributed by atoms with van der Waals surface area (Å²) in [6, 6.07) is 52.4. The lowest BCUT2D eigenvalue weighted by Crippen LogP contribution is -2.05. The molecule has 10 rings (SSSR count). The highest BCUT2D eigenvalue weighted by Crippen LogP contribution is 2.42. The van der Waals surface area contributed by atoms with Crippen LogP contribution >= 0.6 is 0 Å². The Morgan fingerprint density at radius 2 is 0.980 bits per heavy atom. The van der Waals surface area contributed by atoms with Gasteiger partial charge in [0, 0.05) is 44.8 Å². The van der Waals surface area contributed by atoms with Crippen molar-refractivity contribution < 1.29 is 8.83 Å². The van der Waals surface area contributed by atoms with E-state index in [-0.39, 0.29) is 0 Å². The second-order valence-corrected chi connectivity index (χ2v) is 13.1. The molecule has 1 aliphatic rings. The Hall–Kier alpha value is -6.78. The summed E-state index contributed by atoms with van der Waals surface area (Å²) in [6.45, 7) is 4.37. The fourth-order valence-corrected chi connectivity index (χ4v) is 7.30. The largest absolute Gasteiger partial charge is 0.460 e. The number of furan rings is 2. The first kappa shape index (κ1) is 29.2. The predicted molar refractivity (Wildman–Crippen MR) is 207 cm³/mol. The van der Waals surface area contributed by atoms with Gasteiger partial charge in [0.2, 0.25) is 0 Å². The first-order valence-corrected chi connectivity index (χ1v) is 17.1. The van der Waals surface area contributed by atoms with Gasteiger partial charge in [-0.05, 0) is 70.3 Å². The minimum Gasteiger partial charge on any atom is -0.460 e. The molecule has 4 nitrogen and oxygen atoms in total. The average Bonchev–Trinajstić information content (AvgIpc) is 3.75. The number of allylic oxidation sites excluding steroid dienone is 2. The lowest BCUT2D eigenvalue weighted by molar-refractivity contribution is 0.560. The van der Waals surface area contributed by atoms with Gasteiger partial charge in [0.1, 0.15) is 22.5 Å². The maximum Gasteiger partial charge on any atom is 0.161 e. The zero-order valence-corrected chi connectivity index (χ0v) is 27.6. The first-order chi connectivity index (χ1) is 25.1. The Morgan fingerprint density at radius 3 is 1.71 bits per heavy atom. The smallest absolute Gasteiger partial charge is 0.161 e. The van der Waals surface area contributed by atoms with Gasteiger partial charge in [-0.2, -0.15) is 0 Å². The third kappa shape index (κ3) is 5.08. The fourth-order valence-electron chi connectivity index (χ4n) is 7.30. The standard InChI is InChI=1S/C47H30N2O2/c1-29-24-39(47-48-40(32-12-6-3-7-13-32)28-41(49-47)33-18-16-31(17-19-33)30-10-4-2-5-11-30)46-38-27-35(21-23-44(38)51-45(46)25-29)34-20-22-43-37(26-34)36-14-8-9-15-42(36)50-43/h2-24,26-28H,1,25H2. The molecule has 0 N–H and O–H groups in total. The molecule has 0 saturated heterocycles. The zero-order valence-electron chi connectivity index (χ0n) is 27.6. The van der Waals surface area contributed by atoms with Crippen LogP contribution in [-0.4, -0.2) is 9.97 Å². The number of benzene rings is 6. The van der Waals surface area contributed by atoms with Crippen molar-refractivity contribution in [2.24, 2.45) is 0 Å². The molecule has 0 aliphatic heterocycles. The van der Waals surface area contributed by atoms with Crippen LogP contribution in [0.1, 0.15) is 17.1 Å². The maximum absolute atomic E-state index is 6.53. The molecule has 51 heavy (non-hydrogen) atoms. The average molecular weight is 655 g/mol. The fraction of sp³-hybridized carbons (Fsp3) is 0.0213. The van der Waals surface area contributed by atoms with Gasteiger partial charge in [0.25, 0.3) is 0 Å². The summed E-state index contributed by atoms with van der Waals surface area (Å²) in [6.07, 6.45) is 2.75. The molecule has 0 fully saturated rings. The molecule has 9 aromatic rings. The summed E-state index contributed by atoms with van der Waals surface area (Å²) in [4.78, 5) is 10.4. The van der Waals surface area contributed by atoms with Crippen LogP contribution in [0, 0.1) is 0 Å². The lowest BCUT2D eigenvalue weighted by Gasteiger charge is -2.16. The molecular formula is C47H30N2O2. The Bertz CT molecular complexity index is 2820. The first-order valence-electron chi connectivity index (χ1n) is 17.1. The van der Waals surface area contributed by atoms with Crippen LogP contribution in [0.25, 0.3) is 83.2 Å². The summed E-state index contributed by atoms with van der Waals surface area (Å²) in [5, 5.41) is 3.24. The molecule has 0 amide bonds. The number of fused-ring (bicyclic) bond motifs is 6. The number of aromatic nitrogens is 2. The third-order valence-corrected chi connectivity index (χ3v) is 9.80. The van der Waals surface area contributed by atoms with Gasteiger partial charge in [-0.15, -0.1) is 0 Å². The minimum absolute atomic E-state index is 0.627. The number of hydrogen-bond acceptors (Lipinski definition) is 4. The zero-order chi connectivity index (χ0) is 33.9. The molecule has 1 aliphatic carbocycles. The molecule has 0 bridgehead atoms. The van der Waals surface area contributed by atoms with Crippen LogP contribution in [0.5, 0.6) is 0 Å². The molecule has 6 aromatic carbocycles. The van der Waals surface area contributed by atoms with Gasteiger partial charge in [-0.1, -0.05) is 122 Å². The predicted octanol–water partition coefficient (Wildman–Crippen LogP) is 12.3. The normalized spacial score (nSPS) is 12.8. The van der Waals surface area contributed by atoms with Crippen molar-refractivity contribution in [3.63, 3.8) is 0 Å². The highest BCUT2D eigenvalue weighted by Gasteiger charge is 2.26. The topological polar surface area (TPSA) is 52.1 Å². The van der Waals surface area contributed by atoms with Crippen LogP contribution in [0.2, 0.25) is 0 Å². The van der Waals surface area contributed by atoms with Gasteiger partial charge < -0.3 is 8.83 Å². The summed E-state index contributed by atoms with van der Waals surface area (Å²) >= 11 is 0. The second-order valence-electron chi connectivity index (χ2n) is 13.1. The van der Waals surface area contributed by atoms with E-state index in [1.807, 2.05) is 36.4 Å². The van der Waals surface area contributed by atoms with E-state index in [4.69, 9.17) is 18.8 Å². The van der Waals surface area contributed by atoms with E-state index in [9.17, 15) is 0 Å². The van der Waals surface area contributed by atoms with Crippen molar-refractivity contribution in [3.8, 4) is 44.8 Å². The van der Waals surface area contributed by atoms with Gasteiger partial charge >= 0.3 is 0 Å². The van der Waals surface area contributed by atoms with Gasteiger partial charge in [-0.25, -0.2) is 9.97 Å². The van der Waals surface area contributed by atoms with E-state index in [2.05, 4.69) is 128 Å². The van der Waals surface area contributed by atoms with E-state index in [1.54, 1.807) is 0 Å². The van der Waals surface area contributed by atoms with E-state index in [1.165, 1.54) is 5.56 Å². The summed E-state index contributed by atoms with van der Waals surface area (Å²) in [7, 11) is 0. The molecule has 0 atom stereocenters. The molecule has 0 unspecified atom stereocenters. The molecule has 0 saturated carbocycles. The SMILES string of the molecule is C=C1C=C(c2nc(-c3ccccc3)cc(-c3ccc(-c4ccccc4)cc3)n2)c2c(oc3ccc(-c4ccc5oc6ccccc6c5c4)cc23)C1. The molecule has 4 heteroatoms. The van der Waals surface area contributed by atoms with E-state index >= 15 is 0 Å². The molecule has 3 aromatic heterocycles. The highest BCUT2D eigenvalue weighted by atomic mass is 16.3.